The molecule has 5 nitrogen and oxygen atoms in total. The molecule has 0 aliphatic heterocycles. The van der Waals surface area contributed by atoms with Crippen molar-refractivity contribution in [3.8, 4) is 0 Å². The molecule has 1 atom stereocenters. The van der Waals surface area contributed by atoms with Crippen molar-refractivity contribution in [2.45, 2.75) is 19.6 Å². The number of aryl methyl sites for hydroxylation is 1. The van der Waals surface area contributed by atoms with Crippen LogP contribution in [0, 0.1) is 0 Å². The molecule has 0 bridgehead atoms. The molecule has 1 aromatic carbocycles. The van der Waals surface area contributed by atoms with E-state index in [9.17, 15) is 9.90 Å². The third-order valence-electron chi connectivity index (χ3n) is 3.26. The van der Waals surface area contributed by atoms with Crippen LogP contribution in [0.3, 0.4) is 0 Å². The number of halogens is 1. The van der Waals surface area contributed by atoms with Crippen LogP contribution < -0.4 is 5.76 Å². The number of hydrogen-bond acceptors (Lipinski definition) is 4. The Balaban J connectivity index is 2.10. The Morgan fingerprint density at radius 2 is 2.20 bits per heavy atom. The van der Waals surface area contributed by atoms with Gasteiger partial charge in [0.05, 0.1) is 11.8 Å². The topological polar surface area (TPSA) is 68.5 Å². The molecule has 0 spiro atoms. The number of aliphatic hydroxyl groups is 1. The molecule has 0 saturated heterocycles. The molecule has 2 aromatic heterocycles. The Kier molecular flexibility index (Phi) is 3.27. The van der Waals surface area contributed by atoms with Crippen molar-refractivity contribution in [1.29, 1.82) is 0 Å². The molecule has 0 aliphatic carbocycles. The van der Waals surface area contributed by atoms with E-state index in [1.165, 1.54) is 6.26 Å². The highest BCUT2D eigenvalue weighted by molar-refractivity contribution is 9.10. The van der Waals surface area contributed by atoms with E-state index in [0.29, 0.717) is 27.9 Å². The van der Waals surface area contributed by atoms with Crippen LogP contribution in [0.25, 0.3) is 11.1 Å². The fraction of sp³-hybridized carbons (Fsp3) is 0.214. The SMILES string of the molecule is CCn1c(=O)oc2cc(C(O)c3ccoc3Br)ccc21. The Morgan fingerprint density at radius 1 is 1.40 bits per heavy atom. The predicted octanol–water partition coefficient (Wildman–Crippen LogP) is 3.05. The molecular weight excluding hydrogens is 326 g/mol. The Morgan fingerprint density at radius 3 is 2.85 bits per heavy atom. The number of hydrogen-bond donors (Lipinski definition) is 1. The zero-order chi connectivity index (χ0) is 14.3. The second kappa shape index (κ2) is 4.96. The lowest BCUT2D eigenvalue weighted by molar-refractivity contribution is 0.218. The summed E-state index contributed by atoms with van der Waals surface area (Å²) in [7, 11) is 0. The summed E-state index contributed by atoms with van der Waals surface area (Å²) in [5.41, 5.74) is 2.45. The third-order valence-corrected chi connectivity index (χ3v) is 3.91. The number of aromatic nitrogens is 1. The van der Waals surface area contributed by atoms with Crippen molar-refractivity contribution >= 4 is 27.0 Å². The Hall–Kier alpha value is -1.79. The molecule has 6 heteroatoms. The summed E-state index contributed by atoms with van der Waals surface area (Å²) in [6.45, 7) is 2.42. The van der Waals surface area contributed by atoms with Crippen LogP contribution in [0.1, 0.15) is 24.2 Å². The zero-order valence-electron chi connectivity index (χ0n) is 10.7. The first-order valence-electron chi connectivity index (χ1n) is 6.16. The summed E-state index contributed by atoms with van der Waals surface area (Å²) in [5.74, 6) is -0.390. The molecule has 1 unspecified atom stereocenters. The average molecular weight is 338 g/mol. The largest absolute Gasteiger partial charge is 0.457 e. The van der Waals surface area contributed by atoms with Gasteiger partial charge >= 0.3 is 5.76 Å². The van der Waals surface area contributed by atoms with Crippen molar-refractivity contribution in [1.82, 2.24) is 4.57 Å². The van der Waals surface area contributed by atoms with Gasteiger partial charge in [0.2, 0.25) is 0 Å². The summed E-state index contributed by atoms with van der Waals surface area (Å²) in [6, 6.07) is 6.91. The minimum atomic E-state index is -0.845. The highest BCUT2D eigenvalue weighted by atomic mass is 79.9. The molecule has 0 aliphatic rings. The van der Waals surface area contributed by atoms with E-state index in [1.807, 2.05) is 6.92 Å². The van der Waals surface area contributed by atoms with Crippen LogP contribution in [-0.2, 0) is 6.54 Å². The van der Waals surface area contributed by atoms with Gasteiger partial charge in [-0.05, 0) is 46.6 Å². The minimum Gasteiger partial charge on any atom is -0.457 e. The van der Waals surface area contributed by atoms with Gasteiger partial charge in [0.1, 0.15) is 6.10 Å². The van der Waals surface area contributed by atoms with Crippen LogP contribution in [-0.4, -0.2) is 9.67 Å². The lowest BCUT2D eigenvalue weighted by Gasteiger charge is -2.09. The number of oxazole rings is 1. The standard InChI is InChI=1S/C14H12BrNO4/c1-2-16-10-4-3-8(7-11(10)20-14(16)18)12(17)9-5-6-19-13(9)15/h3-7,12,17H,2H2,1H3. The van der Waals surface area contributed by atoms with Crippen LogP contribution >= 0.6 is 15.9 Å². The summed E-state index contributed by atoms with van der Waals surface area (Å²) in [5, 5.41) is 10.3. The van der Waals surface area contributed by atoms with Crippen LogP contribution in [0.15, 0.2) is 48.8 Å². The maximum absolute atomic E-state index is 11.6. The van der Waals surface area contributed by atoms with Crippen molar-refractivity contribution < 1.29 is 13.9 Å². The number of furan rings is 1. The molecular formula is C14H12BrNO4. The van der Waals surface area contributed by atoms with Crippen molar-refractivity contribution in [3.63, 3.8) is 0 Å². The van der Waals surface area contributed by atoms with Gasteiger partial charge in [-0.2, -0.15) is 0 Å². The normalized spacial score (nSPS) is 12.9. The quantitative estimate of drug-likeness (QED) is 0.797. The molecule has 1 N–H and O–H groups in total. The highest BCUT2D eigenvalue weighted by Crippen LogP contribution is 2.30. The van der Waals surface area contributed by atoms with E-state index in [1.54, 1.807) is 28.8 Å². The monoisotopic (exact) mass is 337 g/mol. The zero-order valence-corrected chi connectivity index (χ0v) is 12.3. The van der Waals surface area contributed by atoms with E-state index >= 15 is 0 Å². The van der Waals surface area contributed by atoms with Gasteiger partial charge in [-0.15, -0.1) is 0 Å². The van der Waals surface area contributed by atoms with Crippen molar-refractivity contribution in [3.05, 3.63) is 56.9 Å². The van der Waals surface area contributed by atoms with E-state index in [0.717, 1.165) is 5.52 Å². The van der Waals surface area contributed by atoms with Gasteiger partial charge in [0.15, 0.2) is 10.3 Å². The van der Waals surface area contributed by atoms with Gasteiger partial charge in [0, 0.05) is 12.1 Å². The first kappa shape index (κ1) is 13.2. The van der Waals surface area contributed by atoms with Crippen molar-refractivity contribution in [2.75, 3.05) is 0 Å². The van der Waals surface area contributed by atoms with Crippen LogP contribution in [0.5, 0.6) is 0 Å². The first-order chi connectivity index (χ1) is 9.61. The average Bonchev–Trinajstić information content (AvgIpc) is 2.99. The Bertz CT molecular complexity index is 814. The second-order valence-electron chi connectivity index (χ2n) is 4.39. The molecule has 20 heavy (non-hydrogen) atoms. The number of nitrogens with zero attached hydrogens (tertiary/aromatic N) is 1. The molecule has 2 heterocycles. The molecule has 0 fully saturated rings. The fourth-order valence-electron chi connectivity index (χ4n) is 2.23. The van der Waals surface area contributed by atoms with E-state index in [2.05, 4.69) is 15.9 Å². The first-order valence-corrected chi connectivity index (χ1v) is 6.95. The van der Waals surface area contributed by atoms with E-state index in [4.69, 9.17) is 8.83 Å². The van der Waals surface area contributed by atoms with Gasteiger partial charge < -0.3 is 13.9 Å². The summed E-state index contributed by atoms with van der Waals surface area (Å²) < 4.78 is 12.3. The molecule has 0 saturated carbocycles. The second-order valence-corrected chi connectivity index (χ2v) is 5.11. The number of aliphatic hydroxyl groups excluding tert-OH is 1. The van der Waals surface area contributed by atoms with Crippen molar-refractivity contribution in [2.24, 2.45) is 0 Å². The molecule has 0 amide bonds. The maximum Gasteiger partial charge on any atom is 0.419 e. The lowest BCUT2D eigenvalue weighted by atomic mass is 10.0. The number of rotatable bonds is 3. The number of fused-ring (bicyclic) bond motifs is 1. The summed E-state index contributed by atoms with van der Waals surface area (Å²) in [4.78, 5) is 11.6. The minimum absolute atomic E-state index is 0.390. The highest BCUT2D eigenvalue weighted by Gasteiger charge is 2.18. The summed E-state index contributed by atoms with van der Waals surface area (Å²) in [6.07, 6.45) is 0.650. The predicted molar refractivity (Wildman–Crippen MR) is 76.6 cm³/mol. The Labute approximate surface area is 122 Å². The smallest absolute Gasteiger partial charge is 0.419 e. The summed E-state index contributed by atoms with van der Waals surface area (Å²) >= 11 is 3.24. The number of benzene rings is 1. The molecule has 3 aromatic rings. The molecule has 3 rings (SSSR count). The maximum atomic E-state index is 11.6. The van der Waals surface area contributed by atoms with Gasteiger partial charge in [-0.25, -0.2) is 4.79 Å². The van der Waals surface area contributed by atoms with Crippen LogP contribution in [0.2, 0.25) is 0 Å². The molecule has 104 valence electrons. The molecule has 0 radical (unpaired) electrons. The van der Waals surface area contributed by atoms with E-state index in [-0.39, 0.29) is 0 Å². The van der Waals surface area contributed by atoms with Crippen LogP contribution in [0.4, 0.5) is 0 Å². The lowest BCUT2D eigenvalue weighted by Crippen LogP contribution is -2.11. The van der Waals surface area contributed by atoms with E-state index < -0.39 is 11.9 Å². The fourth-order valence-corrected chi connectivity index (χ4v) is 2.69. The van der Waals surface area contributed by atoms with Gasteiger partial charge in [-0.3, -0.25) is 4.57 Å². The third kappa shape index (κ3) is 2.01. The van der Waals surface area contributed by atoms with Gasteiger partial charge in [0.25, 0.3) is 0 Å². The van der Waals surface area contributed by atoms with Gasteiger partial charge in [-0.1, -0.05) is 6.07 Å².